The van der Waals surface area contributed by atoms with E-state index in [0.717, 1.165) is 24.2 Å². The molecule has 2 atom stereocenters. The zero-order chi connectivity index (χ0) is 25.5. The molecule has 8 nitrogen and oxygen atoms in total. The molecule has 0 saturated carbocycles. The van der Waals surface area contributed by atoms with Gasteiger partial charge in [0.2, 0.25) is 11.8 Å². The van der Waals surface area contributed by atoms with Gasteiger partial charge in [0, 0.05) is 20.1 Å². The van der Waals surface area contributed by atoms with E-state index in [9.17, 15) is 14.4 Å². The number of aryl methyl sites for hydroxylation is 1. The van der Waals surface area contributed by atoms with Crippen LogP contribution in [0.1, 0.15) is 24.0 Å². The summed E-state index contributed by atoms with van der Waals surface area (Å²) in [6.07, 6.45) is 3.72. The van der Waals surface area contributed by atoms with E-state index in [4.69, 9.17) is 0 Å². The van der Waals surface area contributed by atoms with Crippen LogP contribution in [0, 0.1) is 0 Å². The third kappa shape index (κ3) is 6.02. The summed E-state index contributed by atoms with van der Waals surface area (Å²) < 4.78 is 0. The van der Waals surface area contributed by atoms with Crippen molar-refractivity contribution >= 4 is 29.6 Å². The van der Waals surface area contributed by atoms with Crippen molar-refractivity contribution in [2.45, 2.75) is 38.0 Å². The number of hydrogen-bond donors (Lipinski definition) is 1. The molecule has 2 aliphatic heterocycles. The van der Waals surface area contributed by atoms with E-state index in [-0.39, 0.29) is 24.4 Å². The summed E-state index contributed by atoms with van der Waals surface area (Å²) in [5, 5.41) is 6.29. The van der Waals surface area contributed by atoms with Crippen LogP contribution in [0.3, 0.4) is 0 Å². The molecule has 2 saturated heterocycles. The first kappa shape index (κ1) is 26.0. The molecule has 0 spiro atoms. The summed E-state index contributed by atoms with van der Waals surface area (Å²) in [5.74, 6) is 0.634. The number of fused-ring (bicyclic) bond motifs is 1. The zero-order valence-corrected chi connectivity index (χ0v) is 21.8. The van der Waals surface area contributed by atoms with E-state index in [1.807, 2.05) is 59.7 Å². The lowest BCUT2D eigenvalue weighted by Crippen LogP contribution is -2.76. The molecule has 1 unspecified atom stereocenters. The van der Waals surface area contributed by atoms with Gasteiger partial charge in [0.25, 0.3) is 0 Å². The molecule has 2 aliphatic rings. The summed E-state index contributed by atoms with van der Waals surface area (Å²) in [4.78, 5) is 43.6. The fraction of sp³-hybridized carbons (Fsp3) is 0.444. The Morgan fingerprint density at radius 1 is 1.03 bits per heavy atom. The number of amides is 4. The highest BCUT2D eigenvalue weighted by Gasteiger charge is 2.50. The van der Waals surface area contributed by atoms with Gasteiger partial charge < -0.3 is 15.1 Å². The molecule has 0 aromatic heterocycles. The molecule has 0 aliphatic carbocycles. The van der Waals surface area contributed by atoms with Gasteiger partial charge in [-0.1, -0.05) is 60.7 Å². The summed E-state index contributed by atoms with van der Waals surface area (Å²) in [6, 6.07) is 19.1. The molecular weight excluding hydrogens is 474 g/mol. The van der Waals surface area contributed by atoms with Gasteiger partial charge in [-0.3, -0.25) is 9.59 Å². The number of carbonyl (C=O) groups excluding carboxylic acids is 3. The van der Waals surface area contributed by atoms with Crippen molar-refractivity contribution in [1.82, 2.24) is 25.1 Å². The SMILES string of the molecule is CSCC[C@H]1C(=O)N(CCCc2ccccc2)CC2N1C(=O)CN(C)N2C(=O)NCc1ccccc1. The van der Waals surface area contributed by atoms with Crippen molar-refractivity contribution < 1.29 is 14.4 Å². The predicted molar refractivity (Wildman–Crippen MR) is 142 cm³/mol. The van der Waals surface area contributed by atoms with Crippen LogP contribution in [0.15, 0.2) is 60.7 Å². The Hall–Kier alpha value is -3.04. The Morgan fingerprint density at radius 3 is 2.36 bits per heavy atom. The van der Waals surface area contributed by atoms with Crippen LogP contribution in [0.4, 0.5) is 4.79 Å². The van der Waals surface area contributed by atoms with E-state index in [1.165, 1.54) is 5.56 Å². The lowest BCUT2D eigenvalue weighted by atomic mass is 10.0. The maximum absolute atomic E-state index is 13.5. The second-order valence-electron chi connectivity index (χ2n) is 9.26. The van der Waals surface area contributed by atoms with E-state index in [1.54, 1.807) is 33.7 Å². The van der Waals surface area contributed by atoms with E-state index in [0.29, 0.717) is 26.1 Å². The number of benzene rings is 2. The number of likely N-dealkylation sites (N-methyl/N-ethyl adjacent to an activating group) is 1. The summed E-state index contributed by atoms with van der Waals surface area (Å²) in [7, 11) is 1.75. The van der Waals surface area contributed by atoms with Gasteiger partial charge in [-0.15, -0.1) is 0 Å². The molecule has 4 amide bonds. The lowest BCUT2D eigenvalue weighted by molar-refractivity contribution is -0.187. The smallest absolute Gasteiger partial charge is 0.334 e. The normalized spacial score (nSPS) is 20.4. The number of thioether (sulfide) groups is 1. The number of rotatable bonds is 9. The first-order valence-electron chi connectivity index (χ1n) is 12.4. The van der Waals surface area contributed by atoms with Gasteiger partial charge in [0.05, 0.1) is 13.1 Å². The number of carbonyl (C=O) groups is 3. The molecule has 192 valence electrons. The van der Waals surface area contributed by atoms with Crippen molar-refractivity contribution in [3.63, 3.8) is 0 Å². The van der Waals surface area contributed by atoms with Gasteiger partial charge in [-0.05, 0) is 42.4 Å². The Labute approximate surface area is 217 Å². The van der Waals surface area contributed by atoms with Crippen LogP contribution in [0.2, 0.25) is 0 Å². The van der Waals surface area contributed by atoms with Crippen molar-refractivity contribution in [3.8, 4) is 0 Å². The molecule has 0 radical (unpaired) electrons. The fourth-order valence-corrected chi connectivity index (χ4v) is 5.44. The monoisotopic (exact) mass is 509 g/mol. The van der Waals surface area contributed by atoms with E-state index in [2.05, 4.69) is 17.4 Å². The summed E-state index contributed by atoms with van der Waals surface area (Å²) >= 11 is 1.66. The molecule has 9 heteroatoms. The van der Waals surface area contributed by atoms with Crippen LogP contribution in [-0.2, 0) is 22.6 Å². The fourth-order valence-electron chi connectivity index (χ4n) is 4.99. The highest BCUT2D eigenvalue weighted by molar-refractivity contribution is 7.98. The predicted octanol–water partition coefficient (Wildman–Crippen LogP) is 2.81. The average Bonchev–Trinajstić information content (AvgIpc) is 2.88. The minimum absolute atomic E-state index is 0.0177. The Morgan fingerprint density at radius 2 is 1.69 bits per heavy atom. The number of hydrazine groups is 1. The molecule has 36 heavy (non-hydrogen) atoms. The van der Waals surface area contributed by atoms with Crippen molar-refractivity contribution in [2.24, 2.45) is 0 Å². The molecule has 2 aromatic rings. The van der Waals surface area contributed by atoms with Crippen LogP contribution in [0.25, 0.3) is 0 Å². The highest BCUT2D eigenvalue weighted by Crippen LogP contribution is 2.28. The maximum Gasteiger partial charge on any atom is 0.334 e. The summed E-state index contributed by atoms with van der Waals surface area (Å²) in [6.45, 7) is 1.34. The van der Waals surface area contributed by atoms with Crippen LogP contribution >= 0.6 is 11.8 Å². The third-order valence-corrected chi connectivity index (χ3v) is 7.41. The van der Waals surface area contributed by atoms with Gasteiger partial charge in [0.15, 0.2) is 0 Å². The number of nitrogens with zero attached hydrogens (tertiary/aromatic N) is 4. The second kappa shape index (κ2) is 12.3. The first-order valence-corrected chi connectivity index (χ1v) is 13.8. The van der Waals surface area contributed by atoms with Crippen LogP contribution in [-0.4, -0.2) is 88.6 Å². The third-order valence-electron chi connectivity index (χ3n) is 6.77. The maximum atomic E-state index is 13.5. The first-order chi connectivity index (χ1) is 17.5. The molecule has 1 N–H and O–H groups in total. The van der Waals surface area contributed by atoms with E-state index < -0.39 is 12.2 Å². The van der Waals surface area contributed by atoms with Crippen molar-refractivity contribution in [3.05, 3.63) is 71.8 Å². The number of hydrogen-bond acceptors (Lipinski definition) is 5. The van der Waals surface area contributed by atoms with Crippen LogP contribution in [0.5, 0.6) is 0 Å². The van der Waals surface area contributed by atoms with Gasteiger partial charge in [-0.2, -0.15) is 11.8 Å². The standard InChI is InChI=1S/C27H35N5O3S/c1-29-20-25(33)31-23(15-17-36-2)26(34)30(16-9-14-21-10-5-3-6-11-21)19-24(31)32(29)27(35)28-18-22-12-7-4-8-13-22/h3-8,10-13,23-24H,9,14-20H2,1-2H3,(H,28,35)/t23-,24?/m0/s1. The molecular formula is C27H35N5O3S. The number of urea groups is 1. The molecule has 4 rings (SSSR count). The van der Waals surface area contributed by atoms with Crippen molar-refractivity contribution in [2.75, 3.05) is 38.7 Å². The van der Waals surface area contributed by atoms with Gasteiger partial charge in [0.1, 0.15) is 12.2 Å². The molecule has 2 heterocycles. The highest BCUT2D eigenvalue weighted by atomic mass is 32.2. The minimum atomic E-state index is -0.557. The quantitative estimate of drug-likeness (QED) is 0.563. The number of nitrogens with one attached hydrogen (secondary N) is 1. The Bertz CT molecular complexity index is 1040. The second-order valence-corrected chi connectivity index (χ2v) is 10.2. The van der Waals surface area contributed by atoms with Crippen molar-refractivity contribution in [1.29, 1.82) is 0 Å². The van der Waals surface area contributed by atoms with Gasteiger partial charge in [-0.25, -0.2) is 14.8 Å². The molecule has 0 bridgehead atoms. The van der Waals surface area contributed by atoms with Crippen LogP contribution < -0.4 is 5.32 Å². The molecule has 2 fully saturated rings. The lowest BCUT2D eigenvalue weighted by Gasteiger charge is -2.54. The zero-order valence-electron chi connectivity index (χ0n) is 21.0. The number of piperazine rings is 1. The van der Waals surface area contributed by atoms with E-state index >= 15 is 0 Å². The average molecular weight is 510 g/mol. The van der Waals surface area contributed by atoms with Gasteiger partial charge >= 0.3 is 6.03 Å². The summed E-state index contributed by atoms with van der Waals surface area (Å²) in [5.41, 5.74) is 2.23. The molecule has 2 aromatic carbocycles. The Balaban J connectivity index is 1.51. The minimum Gasteiger partial charge on any atom is -0.337 e. The Kier molecular flexibility index (Phi) is 8.88. The largest absolute Gasteiger partial charge is 0.337 e. The topological polar surface area (TPSA) is 76.2 Å².